The lowest BCUT2D eigenvalue weighted by molar-refractivity contribution is 0.882. The molecule has 4 rings (SSSR count). The lowest BCUT2D eigenvalue weighted by Gasteiger charge is -2.14. The van der Waals surface area contributed by atoms with Gasteiger partial charge in [-0.2, -0.15) is 0 Å². The molecule has 2 aromatic heterocycles. The fourth-order valence-corrected chi connectivity index (χ4v) is 3.36. The SMILES string of the molecule is CC(c1ccccc1)c1nc2ccc(Cl)cn2c1NCc1ccccc1. The van der Waals surface area contributed by atoms with Gasteiger partial charge in [-0.15, -0.1) is 0 Å². The van der Waals surface area contributed by atoms with Gasteiger partial charge in [0, 0.05) is 18.7 Å². The highest BCUT2D eigenvalue weighted by Gasteiger charge is 2.19. The van der Waals surface area contributed by atoms with E-state index in [0.717, 1.165) is 23.7 Å². The van der Waals surface area contributed by atoms with Gasteiger partial charge in [-0.05, 0) is 23.3 Å². The molecule has 1 unspecified atom stereocenters. The topological polar surface area (TPSA) is 29.3 Å². The van der Waals surface area contributed by atoms with E-state index in [-0.39, 0.29) is 5.92 Å². The first-order valence-electron chi connectivity index (χ1n) is 8.72. The Balaban J connectivity index is 1.76. The van der Waals surface area contributed by atoms with Crippen molar-refractivity contribution in [2.45, 2.75) is 19.4 Å². The summed E-state index contributed by atoms with van der Waals surface area (Å²) in [4.78, 5) is 4.88. The fourth-order valence-electron chi connectivity index (χ4n) is 3.20. The number of halogens is 1. The van der Waals surface area contributed by atoms with Crippen molar-refractivity contribution in [1.82, 2.24) is 9.38 Å². The fraction of sp³-hybridized carbons (Fsp3) is 0.136. The lowest BCUT2D eigenvalue weighted by atomic mass is 9.98. The smallest absolute Gasteiger partial charge is 0.138 e. The molecule has 0 saturated heterocycles. The molecule has 0 fully saturated rings. The van der Waals surface area contributed by atoms with E-state index in [1.807, 2.05) is 34.9 Å². The summed E-state index contributed by atoms with van der Waals surface area (Å²) >= 11 is 6.24. The molecule has 2 heterocycles. The van der Waals surface area contributed by atoms with Gasteiger partial charge in [0.05, 0.1) is 10.7 Å². The predicted molar refractivity (Wildman–Crippen MR) is 108 cm³/mol. The third-order valence-corrected chi connectivity index (χ3v) is 4.85. The summed E-state index contributed by atoms with van der Waals surface area (Å²) in [5.41, 5.74) is 4.38. The minimum absolute atomic E-state index is 0.174. The van der Waals surface area contributed by atoms with E-state index in [9.17, 15) is 0 Å². The summed E-state index contributed by atoms with van der Waals surface area (Å²) in [6.45, 7) is 2.92. The molecule has 2 aromatic carbocycles. The number of fused-ring (bicyclic) bond motifs is 1. The van der Waals surface area contributed by atoms with Gasteiger partial charge < -0.3 is 5.32 Å². The number of nitrogens with one attached hydrogen (secondary N) is 1. The number of hydrogen-bond donors (Lipinski definition) is 1. The van der Waals surface area contributed by atoms with E-state index >= 15 is 0 Å². The predicted octanol–water partition coefficient (Wildman–Crippen LogP) is 5.75. The van der Waals surface area contributed by atoms with Crippen molar-refractivity contribution in [2.24, 2.45) is 0 Å². The third-order valence-electron chi connectivity index (χ3n) is 4.62. The van der Waals surface area contributed by atoms with E-state index in [1.54, 1.807) is 0 Å². The number of imidazole rings is 1. The van der Waals surface area contributed by atoms with E-state index in [0.29, 0.717) is 5.02 Å². The van der Waals surface area contributed by atoms with Crippen LogP contribution in [0.25, 0.3) is 5.65 Å². The van der Waals surface area contributed by atoms with Crippen LogP contribution in [0.15, 0.2) is 79.0 Å². The first kappa shape index (κ1) is 16.7. The van der Waals surface area contributed by atoms with Crippen molar-refractivity contribution in [3.8, 4) is 0 Å². The molecule has 3 nitrogen and oxygen atoms in total. The standard InChI is InChI=1S/C22H20ClN3/c1-16(18-10-6-3-7-11-18)21-22(24-14-17-8-4-2-5-9-17)26-15-19(23)12-13-20(26)25-21/h2-13,15-16,24H,14H2,1H3. The molecule has 4 heteroatoms. The van der Waals surface area contributed by atoms with E-state index in [2.05, 4.69) is 60.8 Å². The number of rotatable bonds is 5. The van der Waals surface area contributed by atoms with E-state index in [1.165, 1.54) is 11.1 Å². The van der Waals surface area contributed by atoms with E-state index in [4.69, 9.17) is 16.6 Å². The van der Waals surface area contributed by atoms with Crippen LogP contribution in [0.2, 0.25) is 5.02 Å². The molecule has 130 valence electrons. The minimum atomic E-state index is 0.174. The molecule has 0 spiro atoms. The highest BCUT2D eigenvalue weighted by molar-refractivity contribution is 6.30. The second-order valence-corrected chi connectivity index (χ2v) is 6.83. The van der Waals surface area contributed by atoms with Crippen LogP contribution >= 0.6 is 11.6 Å². The van der Waals surface area contributed by atoms with Crippen molar-refractivity contribution >= 4 is 23.1 Å². The maximum absolute atomic E-state index is 6.24. The van der Waals surface area contributed by atoms with Gasteiger partial charge in [-0.25, -0.2) is 4.98 Å². The Labute approximate surface area is 158 Å². The number of nitrogens with zero attached hydrogens (tertiary/aromatic N) is 2. The van der Waals surface area contributed by atoms with Gasteiger partial charge in [0.2, 0.25) is 0 Å². The minimum Gasteiger partial charge on any atom is -0.366 e. The van der Waals surface area contributed by atoms with Crippen molar-refractivity contribution in [3.05, 3.63) is 101 Å². The van der Waals surface area contributed by atoms with Crippen LogP contribution in [-0.4, -0.2) is 9.38 Å². The average molecular weight is 362 g/mol. The molecule has 1 atom stereocenters. The van der Waals surface area contributed by atoms with E-state index < -0.39 is 0 Å². The van der Waals surface area contributed by atoms with Crippen LogP contribution in [0.3, 0.4) is 0 Å². The van der Waals surface area contributed by atoms with Gasteiger partial charge in [0.15, 0.2) is 0 Å². The summed E-state index contributed by atoms with van der Waals surface area (Å²) in [7, 11) is 0. The summed E-state index contributed by atoms with van der Waals surface area (Å²) in [6.07, 6.45) is 1.92. The van der Waals surface area contributed by atoms with Gasteiger partial charge in [0.1, 0.15) is 11.5 Å². The molecule has 0 aliphatic heterocycles. The Morgan fingerprint density at radius 1 is 0.962 bits per heavy atom. The zero-order valence-corrected chi connectivity index (χ0v) is 15.3. The molecular weight excluding hydrogens is 342 g/mol. The van der Waals surface area contributed by atoms with Crippen LogP contribution in [0, 0.1) is 0 Å². The third kappa shape index (κ3) is 3.31. The highest BCUT2D eigenvalue weighted by Crippen LogP contribution is 2.31. The first-order chi connectivity index (χ1) is 12.7. The monoisotopic (exact) mass is 361 g/mol. The van der Waals surface area contributed by atoms with Crippen molar-refractivity contribution < 1.29 is 0 Å². The Bertz CT molecular complexity index is 1010. The van der Waals surface area contributed by atoms with Crippen LogP contribution in [0.1, 0.15) is 29.7 Å². The Hall–Kier alpha value is -2.78. The molecule has 0 aliphatic rings. The normalized spacial score (nSPS) is 12.2. The second kappa shape index (κ2) is 7.22. The molecule has 0 saturated carbocycles. The Morgan fingerprint density at radius 3 is 2.38 bits per heavy atom. The van der Waals surface area contributed by atoms with Gasteiger partial charge in [0.25, 0.3) is 0 Å². The Morgan fingerprint density at radius 2 is 1.65 bits per heavy atom. The number of anilines is 1. The quantitative estimate of drug-likeness (QED) is 0.490. The summed E-state index contributed by atoms with van der Waals surface area (Å²) in [6, 6.07) is 24.6. The number of hydrogen-bond acceptors (Lipinski definition) is 2. The summed E-state index contributed by atoms with van der Waals surface area (Å²) in [5.74, 6) is 1.16. The molecule has 1 N–H and O–H groups in total. The van der Waals surface area contributed by atoms with Gasteiger partial charge in [-0.1, -0.05) is 79.2 Å². The van der Waals surface area contributed by atoms with Crippen LogP contribution < -0.4 is 5.32 Å². The van der Waals surface area contributed by atoms with Crippen LogP contribution in [-0.2, 0) is 6.54 Å². The maximum atomic E-state index is 6.24. The Kier molecular flexibility index (Phi) is 4.63. The molecule has 0 bridgehead atoms. The zero-order chi connectivity index (χ0) is 17.9. The molecule has 0 radical (unpaired) electrons. The molecule has 0 aliphatic carbocycles. The molecular formula is C22H20ClN3. The molecule has 0 amide bonds. The van der Waals surface area contributed by atoms with Crippen LogP contribution in [0.4, 0.5) is 5.82 Å². The zero-order valence-electron chi connectivity index (χ0n) is 14.6. The maximum Gasteiger partial charge on any atom is 0.138 e. The first-order valence-corrected chi connectivity index (χ1v) is 9.10. The van der Waals surface area contributed by atoms with Crippen molar-refractivity contribution in [3.63, 3.8) is 0 Å². The number of benzene rings is 2. The van der Waals surface area contributed by atoms with Gasteiger partial charge >= 0.3 is 0 Å². The summed E-state index contributed by atoms with van der Waals surface area (Å²) in [5, 5.41) is 4.26. The number of pyridine rings is 1. The largest absolute Gasteiger partial charge is 0.366 e. The molecule has 26 heavy (non-hydrogen) atoms. The lowest BCUT2D eigenvalue weighted by Crippen LogP contribution is -2.07. The van der Waals surface area contributed by atoms with Gasteiger partial charge in [-0.3, -0.25) is 4.40 Å². The van der Waals surface area contributed by atoms with Crippen LogP contribution in [0.5, 0.6) is 0 Å². The van der Waals surface area contributed by atoms with Crippen molar-refractivity contribution in [2.75, 3.05) is 5.32 Å². The number of aromatic nitrogens is 2. The highest BCUT2D eigenvalue weighted by atomic mass is 35.5. The van der Waals surface area contributed by atoms with Crippen molar-refractivity contribution in [1.29, 1.82) is 0 Å². The summed E-state index contributed by atoms with van der Waals surface area (Å²) < 4.78 is 2.04. The average Bonchev–Trinajstić information content (AvgIpc) is 3.05. The second-order valence-electron chi connectivity index (χ2n) is 6.39. The molecule has 4 aromatic rings.